The minimum atomic E-state index is -4.84. The molecule has 1 aromatic heterocycles. The zero-order chi connectivity index (χ0) is 22.3. The Morgan fingerprint density at radius 2 is 1.57 bits per heavy atom. The Bertz CT molecular complexity index is 1060. The van der Waals surface area contributed by atoms with E-state index in [0.29, 0.717) is 29.7 Å². The summed E-state index contributed by atoms with van der Waals surface area (Å²) in [7, 11) is 0. The van der Waals surface area contributed by atoms with Crippen LogP contribution in [-0.4, -0.2) is 11.1 Å². The third-order valence-corrected chi connectivity index (χ3v) is 4.37. The lowest BCUT2D eigenvalue weighted by Gasteiger charge is -2.16. The van der Waals surface area contributed by atoms with Gasteiger partial charge in [0.15, 0.2) is 0 Å². The van der Waals surface area contributed by atoms with Gasteiger partial charge in [-0.1, -0.05) is 17.3 Å². The normalized spacial score (nSPS) is 12.1. The number of benzene rings is 2. The highest BCUT2D eigenvalue weighted by Gasteiger charge is 2.37. The number of hydrogen-bond acceptors (Lipinski definition) is 3. The number of nitrogens with one attached hydrogen (secondary N) is 1. The SMILES string of the molecule is Cc1noc(C)c1C(=O)Nc1ccc(-c2cc(C(F)(F)F)ccc2C(F)(F)F)cc1. The van der Waals surface area contributed by atoms with Gasteiger partial charge in [0.2, 0.25) is 0 Å². The molecule has 0 aliphatic carbocycles. The zero-order valence-corrected chi connectivity index (χ0v) is 15.6. The second kappa shape index (κ2) is 7.51. The molecule has 0 saturated carbocycles. The highest BCUT2D eigenvalue weighted by atomic mass is 19.4. The van der Waals surface area contributed by atoms with Gasteiger partial charge in [-0.25, -0.2) is 0 Å². The summed E-state index contributed by atoms with van der Waals surface area (Å²) < 4.78 is 83.7. The highest BCUT2D eigenvalue weighted by Crippen LogP contribution is 2.40. The number of alkyl halides is 6. The van der Waals surface area contributed by atoms with Crippen LogP contribution in [0.1, 0.15) is 32.9 Å². The molecule has 158 valence electrons. The number of aryl methyl sites for hydroxylation is 2. The number of nitrogens with zero attached hydrogens (tertiary/aromatic N) is 1. The lowest BCUT2D eigenvalue weighted by molar-refractivity contribution is -0.141. The summed E-state index contributed by atoms with van der Waals surface area (Å²) in [6, 6.07) is 6.26. The number of rotatable bonds is 3. The summed E-state index contributed by atoms with van der Waals surface area (Å²) >= 11 is 0. The Morgan fingerprint density at radius 1 is 0.933 bits per heavy atom. The minimum absolute atomic E-state index is 0.0798. The van der Waals surface area contributed by atoms with E-state index < -0.39 is 35.0 Å². The molecule has 0 saturated heterocycles. The van der Waals surface area contributed by atoms with Crippen LogP contribution in [0.25, 0.3) is 11.1 Å². The maximum Gasteiger partial charge on any atom is 0.417 e. The molecule has 0 radical (unpaired) electrons. The Morgan fingerprint density at radius 3 is 2.07 bits per heavy atom. The van der Waals surface area contributed by atoms with Crippen LogP contribution in [0.2, 0.25) is 0 Å². The number of amides is 1. The van der Waals surface area contributed by atoms with Crippen molar-refractivity contribution in [3.63, 3.8) is 0 Å². The first kappa shape index (κ1) is 21.4. The van der Waals surface area contributed by atoms with Crippen molar-refractivity contribution in [3.05, 3.63) is 70.6 Å². The maximum atomic E-state index is 13.3. The van der Waals surface area contributed by atoms with Gasteiger partial charge in [0.25, 0.3) is 5.91 Å². The lowest BCUT2D eigenvalue weighted by Crippen LogP contribution is -2.13. The molecular formula is C20H14F6N2O2. The van der Waals surface area contributed by atoms with Crippen molar-refractivity contribution in [1.82, 2.24) is 5.16 Å². The molecule has 0 unspecified atom stereocenters. The van der Waals surface area contributed by atoms with E-state index in [-0.39, 0.29) is 16.8 Å². The molecule has 0 aliphatic heterocycles. The fourth-order valence-corrected chi connectivity index (χ4v) is 2.94. The van der Waals surface area contributed by atoms with E-state index in [9.17, 15) is 31.1 Å². The number of anilines is 1. The van der Waals surface area contributed by atoms with Crippen molar-refractivity contribution in [2.75, 3.05) is 5.32 Å². The van der Waals surface area contributed by atoms with Crippen LogP contribution in [0.4, 0.5) is 32.0 Å². The first-order valence-electron chi connectivity index (χ1n) is 8.51. The van der Waals surface area contributed by atoms with Gasteiger partial charge in [-0.3, -0.25) is 4.79 Å². The van der Waals surface area contributed by atoms with Gasteiger partial charge >= 0.3 is 12.4 Å². The average molecular weight is 428 g/mol. The lowest BCUT2D eigenvalue weighted by atomic mass is 9.96. The van der Waals surface area contributed by atoms with E-state index in [0.717, 1.165) is 0 Å². The van der Waals surface area contributed by atoms with Gasteiger partial charge in [0.05, 0.1) is 16.8 Å². The molecule has 4 nitrogen and oxygen atoms in total. The number of aromatic nitrogens is 1. The number of carbonyl (C=O) groups is 1. The van der Waals surface area contributed by atoms with Crippen LogP contribution in [0, 0.1) is 13.8 Å². The van der Waals surface area contributed by atoms with Crippen LogP contribution in [0.3, 0.4) is 0 Å². The molecule has 0 bridgehead atoms. The molecule has 0 fully saturated rings. The first-order valence-corrected chi connectivity index (χ1v) is 8.51. The quantitative estimate of drug-likeness (QED) is 0.502. The smallest absolute Gasteiger partial charge is 0.361 e. The van der Waals surface area contributed by atoms with E-state index in [2.05, 4.69) is 10.5 Å². The molecule has 3 aromatic rings. The summed E-state index contributed by atoms with van der Waals surface area (Å²) in [5, 5.41) is 6.20. The Labute approximate surface area is 166 Å². The summed E-state index contributed by atoms with van der Waals surface area (Å²) in [6.45, 7) is 3.12. The minimum Gasteiger partial charge on any atom is -0.361 e. The fraction of sp³-hybridized carbons (Fsp3) is 0.200. The van der Waals surface area contributed by atoms with Gasteiger partial charge < -0.3 is 9.84 Å². The molecule has 0 aliphatic rings. The average Bonchev–Trinajstić information content (AvgIpc) is 2.99. The Balaban J connectivity index is 1.95. The predicted octanol–water partition coefficient (Wildman–Crippen LogP) is 6.25. The molecule has 3 rings (SSSR count). The maximum absolute atomic E-state index is 13.3. The summed E-state index contributed by atoms with van der Waals surface area (Å²) in [5.41, 5.74) is -2.25. The van der Waals surface area contributed by atoms with E-state index in [1.54, 1.807) is 13.8 Å². The monoisotopic (exact) mass is 428 g/mol. The topological polar surface area (TPSA) is 55.1 Å². The number of halogens is 6. The number of carbonyl (C=O) groups excluding carboxylic acids is 1. The van der Waals surface area contributed by atoms with Crippen molar-refractivity contribution in [1.29, 1.82) is 0 Å². The molecular weight excluding hydrogens is 414 g/mol. The third-order valence-electron chi connectivity index (χ3n) is 4.37. The molecule has 1 heterocycles. The summed E-state index contributed by atoms with van der Waals surface area (Å²) in [4.78, 5) is 12.3. The van der Waals surface area contributed by atoms with Crippen molar-refractivity contribution in [2.24, 2.45) is 0 Å². The Kier molecular flexibility index (Phi) is 5.36. The van der Waals surface area contributed by atoms with E-state index in [1.807, 2.05) is 0 Å². The van der Waals surface area contributed by atoms with Crippen LogP contribution < -0.4 is 5.32 Å². The van der Waals surface area contributed by atoms with Gasteiger partial charge in [-0.2, -0.15) is 26.3 Å². The zero-order valence-electron chi connectivity index (χ0n) is 15.6. The third kappa shape index (κ3) is 4.32. The van der Waals surface area contributed by atoms with Crippen LogP contribution in [0.5, 0.6) is 0 Å². The Hall–Kier alpha value is -3.30. The van der Waals surface area contributed by atoms with Gasteiger partial charge in [-0.05, 0) is 55.3 Å². The van der Waals surface area contributed by atoms with E-state index >= 15 is 0 Å². The largest absolute Gasteiger partial charge is 0.417 e. The second-order valence-corrected chi connectivity index (χ2v) is 6.49. The van der Waals surface area contributed by atoms with Crippen LogP contribution in [-0.2, 0) is 12.4 Å². The fourth-order valence-electron chi connectivity index (χ4n) is 2.94. The molecule has 1 amide bonds. The van der Waals surface area contributed by atoms with E-state index in [1.165, 1.54) is 24.3 Å². The second-order valence-electron chi connectivity index (χ2n) is 6.49. The van der Waals surface area contributed by atoms with Crippen LogP contribution >= 0.6 is 0 Å². The molecule has 30 heavy (non-hydrogen) atoms. The van der Waals surface area contributed by atoms with Gasteiger partial charge in [0, 0.05) is 5.69 Å². The van der Waals surface area contributed by atoms with Gasteiger partial charge in [0.1, 0.15) is 11.3 Å². The highest BCUT2D eigenvalue weighted by molar-refractivity contribution is 6.05. The molecule has 2 aromatic carbocycles. The molecule has 1 N–H and O–H groups in total. The van der Waals surface area contributed by atoms with Crippen LogP contribution in [0.15, 0.2) is 47.0 Å². The van der Waals surface area contributed by atoms with Crippen molar-refractivity contribution in [2.45, 2.75) is 26.2 Å². The van der Waals surface area contributed by atoms with Crippen molar-refractivity contribution in [3.8, 4) is 11.1 Å². The molecule has 0 spiro atoms. The van der Waals surface area contributed by atoms with Crippen molar-refractivity contribution < 1.29 is 35.7 Å². The van der Waals surface area contributed by atoms with Crippen molar-refractivity contribution >= 4 is 11.6 Å². The number of hydrogen-bond donors (Lipinski definition) is 1. The first-order chi connectivity index (χ1) is 13.9. The van der Waals surface area contributed by atoms with Gasteiger partial charge in [-0.15, -0.1) is 0 Å². The summed E-state index contributed by atoms with van der Waals surface area (Å²) in [5.74, 6) is -0.241. The standard InChI is InChI=1S/C20H14F6N2O2/c1-10-17(11(2)30-28-10)18(29)27-14-6-3-12(4-7-14)15-9-13(19(21,22)23)5-8-16(15)20(24,25)26/h3-9H,1-2H3,(H,27,29). The van der Waals surface area contributed by atoms with E-state index in [4.69, 9.17) is 4.52 Å². The molecule has 0 atom stereocenters. The molecule has 10 heteroatoms. The predicted molar refractivity (Wildman–Crippen MR) is 95.8 cm³/mol. The summed E-state index contributed by atoms with van der Waals surface area (Å²) in [6.07, 6.45) is -9.63.